The Bertz CT molecular complexity index is 854. The van der Waals surface area contributed by atoms with Crippen LogP contribution in [0.2, 0.25) is 0 Å². The number of rotatable bonds is 5. The molecule has 1 aliphatic rings. The largest absolute Gasteiger partial charge is 0.396 e. The Balaban J connectivity index is 1.42. The Morgan fingerprint density at radius 3 is 2.38 bits per heavy atom. The normalized spacial score (nSPS) is 16.7. The van der Waals surface area contributed by atoms with Gasteiger partial charge in [0, 0.05) is 25.1 Å². The van der Waals surface area contributed by atoms with Gasteiger partial charge in [0.25, 0.3) is 0 Å². The lowest BCUT2D eigenvalue weighted by Gasteiger charge is -2.41. The zero-order chi connectivity index (χ0) is 17.8. The Hall–Kier alpha value is -2.39. The van der Waals surface area contributed by atoms with Crippen molar-refractivity contribution in [2.75, 3.05) is 24.6 Å². The third-order valence-electron chi connectivity index (χ3n) is 5.85. The number of anilines is 1. The minimum absolute atomic E-state index is 0.0448. The van der Waals surface area contributed by atoms with Crippen LogP contribution >= 0.6 is 0 Å². The van der Waals surface area contributed by atoms with Crippen molar-refractivity contribution in [2.24, 2.45) is 5.41 Å². The number of pyridine rings is 1. The molecule has 0 aliphatic carbocycles. The van der Waals surface area contributed by atoms with Crippen LogP contribution in [-0.2, 0) is 6.42 Å². The number of piperidine rings is 1. The van der Waals surface area contributed by atoms with Gasteiger partial charge in [-0.25, -0.2) is 4.98 Å². The van der Waals surface area contributed by atoms with Crippen LogP contribution in [0.4, 0.5) is 5.82 Å². The Morgan fingerprint density at radius 1 is 0.885 bits per heavy atom. The van der Waals surface area contributed by atoms with Gasteiger partial charge in [-0.1, -0.05) is 48.5 Å². The van der Waals surface area contributed by atoms with E-state index in [0.29, 0.717) is 0 Å². The van der Waals surface area contributed by atoms with Gasteiger partial charge in [0.2, 0.25) is 0 Å². The van der Waals surface area contributed by atoms with E-state index in [2.05, 4.69) is 59.5 Å². The second-order valence-corrected chi connectivity index (χ2v) is 7.49. The molecule has 1 aromatic heterocycles. The van der Waals surface area contributed by atoms with E-state index < -0.39 is 0 Å². The van der Waals surface area contributed by atoms with Gasteiger partial charge in [-0.3, -0.25) is 0 Å². The zero-order valence-corrected chi connectivity index (χ0v) is 15.1. The molecule has 0 bridgehead atoms. The topological polar surface area (TPSA) is 36.4 Å². The maximum Gasteiger partial charge on any atom is 0.129 e. The van der Waals surface area contributed by atoms with Crippen LogP contribution < -0.4 is 4.90 Å². The van der Waals surface area contributed by atoms with Crippen LogP contribution in [0.25, 0.3) is 10.9 Å². The second-order valence-electron chi connectivity index (χ2n) is 7.49. The van der Waals surface area contributed by atoms with E-state index in [1.165, 1.54) is 10.9 Å². The smallest absolute Gasteiger partial charge is 0.129 e. The molecule has 1 fully saturated rings. The Kier molecular flexibility index (Phi) is 4.89. The van der Waals surface area contributed by atoms with E-state index in [4.69, 9.17) is 4.98 Å². The van der Waals surface area contributed by atoms with Gasteiger partial charge in [0.15, 0.2) is 0 Å². The van der Waals surface area contributed by atoms with Crippen LogP contribution in [0, 0.1) is 5.41 Å². The van der Waals surface area contributed by atoms with Crippen molar-refractivity contribution in [3.63, 3.8) is 0 Å². The van der Waals surface area contributed by atoms with Crippen molar-refractivity contribution in [1.29, 1.82) is 0 Å². The fourth-order valence-electron chi connectivity index (χ4n) is 3.98. The average Bonchev–Trinajstić information content (AvgIpc) is 2.73. The van der Waals surface area contributed by atoms with E-state index in [1.54, 1.807) is 0 Å². The maximum atomic E-state index is 10.1. The van der Waals surface area contributed by atoms with Gasteiger partial charge in [-0.05, 0) is 54.9 Å². The highest BCUT2D eigenvalue weighted by molar-refractivity contribution is 5.80. The standard InChI is InChI=1S/C23H26N2O/c26-18-23(13-12-19-6-2-1-3-7-19)14-16-25(17-15-23)22-11-10-20-8-4-5-9-21(20)24-22/h1-11,26H,12-18H2. The molecule has 0 saturated carbocycles. The Labute approximate surface area is 155 Å². The third kappa shape index (κ3) is 3.58. The number of aryl methyl sites for hydroxylation is 1. The van der Waals surface area contributed by atoms with Crippen molar-refractivity contribution >= 4 is 16.7 Å². The first-order chi connectivity index (χ1) is 12.8. The number of hydrogen-bond donors (Lipinski definition) is 1. The molecule has 4 rings (SSSR count). The lowest BCUT2D eigenvalue weighted by atomic mass is 9.75. The number of fused-ring (bicyclic) bond motifs is 1. The molecule has 2 aromatic carbocycles. The number of nitrogens with zero attached hydrogens (tertiary/aromatic N) is 2. The molecule has 1 N–H and O–H groups in total. The van der Waals surface area contributed by atoms with E-state index in [0.717, 1.165) is 50.1 Å². The fraction of sp³-hybridized carbons (Fsp3) is 0.348. The molecule has 134 valence electrons. The van der Waals surface area contributed by atoms with Gasteiger partial charge in [-0.2, -0.15) is 0 Å². The summed E-state index contributed by atoms with van der Waals surface area (Å²) in [6.45, 7) is 2.19. The minimum atomic E-state index is 0.0448. The molecule has 3 aromatic rings. The van der Waals surface area contributed by atoms with Crippen LogP contribution in [0.5, 0.6) is 0 Å². The first-order valence-electron chi connectivity index (χ1n) is 9.54. The molecule has 26 heavy (non-hydrogen) atoms. The van der Waals surface area contributed by atoms with Crippen LogP contribution in [0.15, 0.2) is 66.7 Å². The SMILES string of the molecule is OCC1(CCc2ccccc2)CCN(c2ccc3ccccc3n2)CC1. The van der Waals surface area contributed by atoms with Crippen LogP contribution in [0.1, 0.15) is 24.8 Å². The Morgan fingerprint density at radius 2 is 1.62 bits per heavy atom. The lowest BCUT2D eigenvalue weighted by Crippen LogP contribution is -2.42. The van der Waals surface area contributed by atoms with Gasteiger partial charge in [-0.15, -0.1) is 0 Å². The monoisotopic (exact) mass is 346 g/mol. The first kappa shape index (κ1) is 17.0. The van der Waals surface area contributed by atoms with Crippen molar-refractivity contribution in [1.82, 2.24) is 4.98 Å². The average molecular weight is 346 g/mol. The molecule has 0 radical (unpaired) electrons. The third-order valence-corrected chi connectivity index (χ3v) is 5.85. The van der Waals surface area contributed by atoms with E-state index >= 15 is 0 Å². The minimum Gasteiger partial charge on any atom is -0.396 e. The summed E-state index contributed by atoms with van der Waals surface area (Å²) in [6, 6.07) is 23.1. The number of hydrogen-bond acceptors (Lipinski definition) is 3. The first-order valence-corrected chi connectivity index (χ1v) is 9.54. The summed E-state index contributed by atoms with van der Waals surface area (Å²) in [7, 11) is 0. The number of para-hydroxylation sites is 1. The summed E-state index contributed by atoms with van der Waals surface area (Å²) in [6.07, 6.45) is 4.12. The summed E-state index contributed by atoms with van der Waals surface area (Å²) < 4.78 is 0. The van der Waals surface area contributed by atoms with E-state index in [-0.39, 0.29) is 12.0 Å². The highest BCUT2D eigenvalue weighted by Crippen LogP contribution is 2.37. The summed E-state index contributed by atoms with van der Waals surface area (Å²) in [5.41, 5.74) is 2.45. The van der Waals surface area contributed by atoms with Crippen molar-refractivity contribution < 1.29 is 5.11 Å². The molecular weight excluding hydrogens is 320 g/mol. The molecule has 1 aliphatic heterocycles. The number of aromatic nitrogens is 1. The number of aliphatic hydroxyl groups excluding tert-OH is 1. The highest BCUT2D eigenvalue weighted by atomic mass is 16.3. The summed E-state index contributed by atoms with van der Waals surface area (Å²) in [5, 5.41) is 11.3. The van der Waals surface area contributed by atoms with Gasteiger partial charge < -0.3 is 10.0 Å². The molecule has 0 unspecified atom stereocenters. The summed E-state index contributed by atoms with van der Waals surface area (Å²) in [4.78, 5) is 7.19. The van der Waals surface area contributed by atoms with Crippen molar-refractivity contribution in [3.8, 4) is 0 Å². The molecule has 3 nitrogen and oxygen atoms in total. The molecule has 0 amide bonds. The van der Waals surface area contributed by atoms with Crippen molar-refractivity contribution in [2.45, 2.75) is 25.7 Å². The maximum absolute atomic E-state index is 10.1. The molecule has 2 heterocycles. The lowest BCUT2D eigenvalue weighted by molar-refractivity contribution is 0.0873. The molecule has 0 spiro atoms. The van der Waals surface area contributed by atoms with E-state index in [9.17, 15) is 5.11 Å². The fourth-order valence-corrected chi connectivity index (χ4v) is 3.98. The zero-order valence-electron chi connectivity index (χ0n) is 15.1. The van der Waals surface area contributed by atoms with Gasteiger partial charge in [0.05, 0.1) is 5.52 Å². The van der Waals surface area contributed by atoms with Crippen LogP contribution in [-0.4, -0.2) is 29.8 Å². The highest BCUT2D eigenvalue weighted by Gasteiger charge is 2.34. The van der Waals surface area contributed by atoms with Gasteiger partial charge >= 0.3 is 0 Å². The van der Waals surface area contributed by atoms with Gasteiger partial charge in [0.1, 0.15) is 5.82 Å². The van der Waals surface area contributed by atoms with Crippen LogP contribution in [0.3, 0.4) is 0 Å². The predicted octanol–water partition coefficient (Wildman–Crippen LogP) is 4.45. The number of benzene rings is 2. The summed E-state index contributed by atoms with van der Waals surface area (Å²) in [5.74, 6) is 1.05. The quantitative estimate of drug-likeness (QED) is 0.742. The molecule has 3 heteroatoms. The molecule has 0 atom stereocenters. The summed E-state index contributed by atoms with van der Waals surface area (Å²) >= 11 is 0. The predicted molar refractivity (Wildman–Crippen MR) is 107 cm³/mol. The van der Waals surface area contributed by atoms with E-state index in [1.807, 2.05) is 12.1 Å². The number of aliphatic hydroxyl groups is 1. The molecular formula is C23H26N2O. The second kappa shape index (κ2) is 7.46. The molecule has 1 saturated heterocycles. The van der Waals surface area contributed by atoms with Crippen molar-refractivity contribution in [3.05, 3.63) is 72.3 Å².